The molecule has 5 nitrogen and oxygen atoms in total. The van der Waals surface area contributed by atoms with E-state index in [0.29, 0.717) is 24.0 Å². The topological polar surface area (TPSA) is 55.3 Å². The average Bonchev–Trinajstić information content (AvgIpc) is 2.56. The first kappa shape index (κ1) is 17.7. The molecule has 0 saturated carbocycles. The summed E-state index contributed by atoms with van der Waals surface area (Å²) in [5.41, 5.74) is 2.62. The number of hydrogen-bond acceptors (Lipinski definition) is 4. The Bertz CT molecular complexity index is 746. The highest BCUT2D eigenvalue weighted by molar-refractivity contribution is 6.31. The fourth-order valence-corrected chi connectivity index (χ4v) is 3.28. The summed E-state index contributed by atoms with van der Waals surface area (Å²) in [4.78, 5) is 23.1. The minimum Gasteiger partial charge on any atom is -0.458 e. The van der Waals surface area contributed by atoms with Gasteiger partial charge >= 0.3 is 6.01 Å². The van der Waals surface area contributed by atoms with Gasteiger partial charge in [0.05, 0.1) is 13.0 Å². The summed E-state index contributed by atoms with van der Waals surface area (Å²) >= 11 is 6.16. The van der Waals surface area contributed by atoms with Crippen LogP contribution in [0.15, 0.2) is 30.3 Å². The zero-order valence-corrected chi connectivity index (χ0v) is 15.3. The molecule has 3 rings (SSSR count). The van der Waals surface area contributed by atoms with E-state index in [-0.39, 0.29) is 12.0 Å². The van der Waals surface area contributed by atoms with Crippen molar-refractivity contribution in [2.24, 2.45) is 0 Å². The number of carbonyl (C=O) groups is 1. The van der Waals surface area contributed by atoms with Gasteiger partial charge in [0, 0.05) is 23.0 Å². The molecule has 1 aliphatic heterocycles. The number of hydrogen-bond donors (Lipinski definition) is 0. The number of nitrogens with zero attached hydrogens (tertiary/aromatic N) is 3. The van der Waals surface area contributed by atoms with Crippen LogP contribution in [0, 0.1) is 13.8 Å². The molecule has 1 saturated heterocycles. The Labute approximate surface area is 153 Å². The molecule has 0 N–H and O–H groups in total. The lowest BCUT2D eigenvalue weighted by Gasteiger charge is -2.32. The Hall–Kier alpha value is -2.14. The fraction of sp³-hybridized carbons (Fsp3) is 0.421. The molecule has 6 heteroatoms. The van der Waals surface area contributed by atoms with Crippen LogP contribution in [-0.2, 0) is 11.2 Å². The molecule has 1 atom stereocenters. The van der Waals surface area contributed by atoms with Gasteiger partial charge in [-0.25, -0.2) is 9.97 Å². The van der Waals surface area contributed by atoms with E-state index in [1.807, 2.05) is 49.1 Å². The molecule has 0 aliphatic carbocycles. The van der Waals surface area contributed by atoms with Crippen LogP contribution in [-0.4, -0.2) is 40.0 Å². The lowest BCUT2D eigenvalue weighted by atomic mass is 10.1. The zero-order valence-electron chi connectivity index (χ0n) is 14.5. The molecule has 1 aliphatic rings. The smallest absolute Gasteiger partial charge is 0.317 e. The molecule has 2 aromatic rings. The fourth-order valence-electron chi connectivity index (χ4n) is 3.07. The van der Waals surface area contributed by atoms with Crippen LogP contribution in [0.5, 0.6) is 6.01 Å². The summed E-state index contributed by atoms with van der Waals surface area (Å²) < 4.78 is 5.93. The number of carbonyl (C=O) groups excluding carboxylic acids is 1. The molecule has 2 heterocycles. The van der Waals surface area contributed by atoms with Gasteiger partial charge in [-0.05, 0) is 44.4 Å². The molecule has 0 bridgehead atoms. The highest BCUT2D eigenvalue weighted by atomic mass is 35.5. The number of amides is 1. The number of piperidine rings is 1. The van der Waals surface area contributed by atoms with Crippen molar-refractivity contribution in [3.63, 3.8) is 0 Å². The standard InChI is InChI=1S/C19H22ClN3O2/c1-13-10-14(2)22-19(21-13)25-16-7-5-9-23(12-16)18(24)11-15-6-3-4-8-17(15)20/h3-4,6,8,10,16H,5,7,9,11-12H2,1-2H3/t16-/m0/s1. The first-order valence-electron chi connectivity index (χ1n) is 8.51. The van der Waals surface area contributed by atoms with Crippen molar-refractivity contribution >= 4 is 17.5 Å². The number of halogens is 1. The predicted octanol–water partition coefficient (Wildman–Crippen LogP) is 3.36. The lowest BCUT2D eigenvalue weighted by Crippen LogP contribution is -2.45. The maximum Gasteiger partial charge on any atom is 0.317 e. The number of ether oxygens (including phenoxy) is 1. The van der Waals surface area contributed by atoms with E-state index >= 15 is 0 Å². The van der Waals surface area contributed by atoms with Crippen molar-refractivity contribution < 1.29 is 9.53 Å². The first-order chi connectivity index (χ1) is 12.0. The van der Waals surface area contributed by atoms with Gasteiger partial charge in [0.1, 0.15) is 6.10 Å². The number of aryl methyl sites for hydroxylation is 2. The molecule has 0 unspecified atom stereocenters. The normalized spacial score (nSPS) is 17.4. The lowest BCUT2D eigenvalue weighted by molar-refractivity contribution is -0.133. The van der Waals surface area contributed by atoms with E-state index in [0.717, 1.165) is 36.3 Å². The molecule has 1 aromatic heterocycles. The van der Waals surface area contributed by atoms with Crippen LogP contribution in [0.1, 0.15) is 29.8 Å². The summed E-state index contributed by atoms with van der Waals surface area (Å²) in [6.45, 7) is 5.14. The van der Waals surface area contributed by atoms with E-state index in [9.17, 15) is 4.79 Å². The van der Waals surface area contributed by atoms with Gasteiger partial charge in [0.25, 0.3) is 0 Å². The van der Waals surface area contributed by atoms with Gasteiger partial charge in [0.2, 0.25) is 5.91 Å². The monoisotopic (exact) mass is 359 g/mol. The van der Waals surface area contributed by atoms with E-state index < -0.39 is 0 Å². The second-order valence-corrected chi connectivity index (χ2v) is 6.83. The number of rotatable bonds is 4. The molecule has 25 heavy (non-hydrogen) atoms. The van der Waals surface area contributed by atoms with Gasteiger partial charge in [-0.1, -0.05) is 29.8 Å². The van der Waals surface area contributed by atoms with E-state index in [2.05, 4.69) is 9.97 Å². The van der Waals surface area contributed by atoms with Crippen LogP contribution in [0.4, 0.5) is 0 Å². The first-order valence-corrected chi connectivity index (χ1v) is 8.89. The Kier molecular flexibility index (Phi) is 5.53. The Morgan fingerprint density at radius 3 is 2.72 bits per heavy atom. The van der Waals surface area contributed by atoms with Crippen molar-refractivity contribution in [1.82, 2.24) is 14.9 Å². The van der Waals surface area contributed by atoms with Crippen molar-refractivity contribution in [1.29, 1.82) is 0 Å². The molecule has 1 aromatic carbocycles. The Morgan fingerprint density at radius 1 is 1.28 bits per heavy atom. The zero-order chi connectivity index (χ0) is 17.8. The van der Waals surface area contributed by atoms with Crippen molar-refractivity contribution in [3.8, 4) is 6.01 Å². The highest BCUT2D eigenvalue weighted by Crippen LogP contribution is 2.20. The predicted molar refractivity (Wildman–Crippen MR) is 96.9 cm³/mol. The van der Waals surface area contributed by atoms with Gasteiger partial charge in [0.15, 0.2) is 0 Å². The average molecular weight is 360 g/mol. The maximum atomic E-state index is 12.6. The highest BCUT2D eigenvalue weighted by Gasteiger charge is 2.26. The minimum atomic E-state index is -0.0786. The Morgan fingerprint density at radius 2 is 2.00 bits per heavy atom. The van der Waals surface area contributed by atoms with Crippen molar-refractivity contribution in [3.05, 3.63) is 52.3 Å². The second-order valence-electron chi connectivity index (χ2n) is 6.42. The van der Waals surface area contributed by atoms with Crippen LogP contribution in [0.25, 0.3) is 0 Å². The van der Waals surface area contributed by atoms with Gasteiger partial charge in [-0.2, -0.15) is 0 Å². The third kappa shape index (κ3) is 4.69. The number of aromatic nitrogens is 2. The summed E-state index contributed by atoms with van der Waals surface area (Å²) in [5.74, 6) is 0.0720. The van der Waals surface area contributed by atoms with E-state index in [4.69, 9.17) is 16.3 Å². The van der Waals surface area contributed by atoms with E-state index in [1.165, 1.54) is 0 Å². The third-order valence-corrected chi connectivity index (χ3v) is 4.63. The molecule has 132 valence electrons. The quantitative estimate of drug-likeness (QED) is 0.840. The van der Waals surface area contributed by atoms with Crippen molar-refractivity contribution in [2.75, 3.05) is 13.1 Å². The molecule has 0 radical (unpaired) electrons. The molecule has 1 fully saturated rings. The number of likely N-dealkylation sites (tertiary alicyclic amines) is 1. The van der Waals surface area contributed by atoms with Gasteiger partial charge in [-0.15, -0.1) is 0 Å². The number of benzene rings is 1. The van der Waals surface area contributed by atoms with Crippen LogP contribution >= 0.6 is 11.6 Å². The van der Waals surface area contributed by atoms with Crippen molar-refractivity contribution in [2.45, 2.75) is 39.2 Å². The summed E-state index contributed by atoms with van der Waals surface area (Å²) in [6.07, 6.45) is 2.03. The van der Waals surface area contributed by atoms with Gasteiger partial charge < -0.3 is 9.64 Å². The summed E-state index contributed by atoms with van der Waals surface area (Å²) in [6, 6.07) is 9.76. The van der Waals surface area contributed by atoms with Crippen LogP contribution < -0.4 is 4.74 Å². The minimum absolute atomic E-state index is 0.0720. The summed E-state index contributed by atoms with van der Waals surface area (Å²) in [5, 5.41) is 0.629. The van der Waals surface area contributed by atoms with Crippen LogP contribution in [0.2, 0.25) is 5.02 Å². The SMILES string of the molecule is Cc1cc(C)nc(O[C@H]2CCCN(C(=O)Cc3ccccc3Cl)C2)n1. The maximum absolute atomic E-state index is 12.6. The molecule has 1 amide bonds. The second kappa shape index (κ2) is 7.83. The summed E-state index contributed by atoms with van der Waals surface area (Å²) in [7, 11) is 0. The Balaban J connectivity index is 1.62. The van der Waals surface area contributed by atoms with Gasteiger partial charge in [-0.3, -0.25) is 4.79 Å². The molecular weight excluding hydrogens is 338 g/mol. The third-order valence-electron chi connectivity index (χ3n) is 4.26. The molecule has 0 spiro atoms. The van der Waals surface area contributed by atoms with Crippen LogP contribution in [0.3, 0.4) is 0 Å². The largest absolute Gasteiger partial charge is 0.458 e. The van der Waals surface area contributed by atoms with E-state index in [1.54, 1.807) is 0 Å². The molecular formula is C19H22ClN3O2.